The van der Waals surface area contributed by atoms with Gasteiger partial charge in [0.05, 0.1) is 17.5 Å². The number of thiocarbonyl (C=S) groups is 1. The summed E-state index contributed by atoms with van der Waals surface area (Å²) in [7, 11) is 3.20. The summed E-state index contributed by atoms with van der Waals surface area (Å²) in [5.74, 6) is 0.216. The lowest BCUT2D eigenvalue weighted by Gasteiger charge is -2.12. The van der Waals surface area contributed by atoms with Crippen LogP contribution in [0.5, 0.6) is 5.75 Å². The van der Waals surface area contributed by atoms with Gasteiger partial charge in [-0.3, -0.25) is 14.9 Å². The van der Waals surface area contributed by atoms with Crippen LogP contribution < -0.4 is 20.7 Å². The van der Waals surface area contributed by atoms with Gasteiger partial charge in [-0.1, -0.05) is 12.1 Å². The summed E-state index contributed by atoms with van der Waals surface area (Å²) in [6, 6.07) is 12.2. The molecule has 0 heterocycles. The molecule has 0 saturated carbocycles. The molecule has 0 unspecified atom stereocenters. The molecular formula is C20H22BrN3O4S. The van der Waals surface area contributed by atoms with Crippen molar-refractivity contribution in [3.8, 4) is 5.75 Å². The number of anilines is 1. The second-order valence-electron chi connectivity index (χ2n) is 5.94. The molecule has 0 radical (unpaired) electrons. The smallest absolute Gasteiger partial charge is 0.257 e. The number of halogens is 1. The highest BCUT2D eigenvalue weighted by molar-refractivity contribution is 9.10. The molecule has 29 heavy (non-hydrogen) atoms. The average molecular weight is 480 g/mol. The van der Waals surface area contributed by atoms with E-state index in [0.29, 0.717) is 41.1 Å². The molecule has 7 nitrogen and oxygen atoms in total. The molecule has 2 rings (SSSR count). The van der Waals surface area contributed by atoms with E-state index in [-0.39, 0.29) is 16.9 Å². The molecule has 3 N–H and O–H groups in total. The van der Waals surface area contributed by atoms with Gasteiger partial charge in [0, 0.05) is 25.4 Å². The first-order chi connectivity index (χ1) is 13.9. The first-order valence-electron chi connectivity index (χ1n) is 8.76. The molecule has 2 aromatic carbocycles. The second-order valence-corrected chi connectivity index (χ2v) is 7.20. The largest absolute Gasteiger partial charge is 0.490 e. The van der Waals surface area contributed by atoms with Crippen LogP contribution in [0.4, 0.5) is 5.69 Å². The highest BCUT2D eigenvalue weighted by Gasteiger charge is 2.11. The number of methoxy groups -OCH3 is 1. The lowest BCUT2D eigenvalue weighted by molar-refractivity contribution is -0.119. The van der Waals surface area contributed by atoms with Crippen LogP contribution in [-0.4, -0.2) is 44.3 Å². The summed E-state index contributed by atoms with van der Waals surface area (Å²) in [6.07, 6.45) is 0.304. The molecule has 0 aliphatic heterocycles. The van der Waals surface area contributed by atoms with Gasteiger partial charge in [-0.05, 0) is 64.0 Å². The summed E-state index contributed by atoms with van der Waals surface area (Å²) in [4.78, 5) is 23.8. The molecule has 0 aliphatic rings. The maximum atomic E-state index is 12.4. The van der Waals surface area contributed by atoms with Crippen molar-refractivity contribution in [3.63, 3.8) is 0 Å². The Labute approximate surface area is 183 Å². The third kappa shape index (κ3) is 7.45. The van der Waals surface area contributed by atoms with Gasteiger partial charge in [-0.15, -0.1) is 0 Å². The number of amides is 2. The number of carbonyl (C=O) groups excluding carboxylic acids is 2. The molecule has 0 saturated heterocycles. The van der Waals surface area contributed by atoms with Gasteiger partial charge in [-0.2, -0.15) is 0 Å². The van der Waals surface area contributed by atoms with Crippen molar-refractivity contribution >= 4 is 50.8 Å². The van der Waals surface area contributed by atoms with Crippen LogP contribution in [0.3, 0.4) is 0 Å². The number of hydrogen-bond donors (Lipinski definition) is 3. The molecule has 0 atom stereocenters. The third-order valence-electron chi connectivity index (χ3n) is 3.82. The van der Waals surface area contributed by atoms with Crippen molar-refractivity contribution in [1.82, 2.24) is 10.6 Å². The van der Waals surface area contributed by atoms with Crippen molar-refractivity contribution in [2.45, 2.75) is 6.42 Å². The van der Waals surface area contributed by atoms with E-state index in [2.05, 4.69) is 31.9 Å². The van der Waals surface area contributed by atoms with Crippen LogP contribution in [0.1, 0.15) is 15.9 Å². The van der Waals surface area contributed by atoms with E-state index < -0.39 is 0 Å². The van der Waals surface area contributed by atoms with Crippen LogP contribution in [-0.2, 0) is 16.0 Å². The van der Waals surface area contributed by atoms with Crippen LogP contribution in [0.25, 0.3) is 0 Å². The summed E-state index contributed by atoms with van der Waals surface area (Å²) in [6.45, 7) is 0.887. The number of benzene rings is 2. The zero-order valence-corrected chi connectivity index (χ0v) is 18.5. The molecule has 2 amide bonds. The Morgan fingerprint density at radius 3 is 2.45 bits per heavy atom. The number of likely N-dealkylation sites (N-methyl/N-ethyl adjacent to an activating group) is 1. The van der Waals surface area contributed by atoms with Crippen molar-refractivity contribution in [2.24, 2.45) is 0 Å². The lowest BCUT2D eigenvalue weighted by Crippen LogP contribution is -2.34. The number of ether oxygens (including phenoxy) is 2. The summed E-state index contributed by atoms with van der Waals surface area (Å²) < 4.78 is 11.1. The number of nitrogens with one attached hydrogen (secondary N) is 3. The van der Waals surface area contributed by atoms with E-state index in [9.17, 15) is 9.59 Å². The minimum absolute atomic E-state index is 0.0604. The molecule has 0 aromatic heterocycles. The Hall–Kier alpha value is -2.49. The van der Waals surface area contributed by atoms with E-state index >= 15 is 0 Å². The standard InChI is InChI=1S/C20H22BrN3O4S/c1-22-18(25)11-13-3-6-15(7-4-13)23-20(29)24-19(26)14-5-8-17(16(21)12-14)28-10-9-27-2/h3-8,12H,9-11H2,1-2H3,(H,22,25)(H2,23,24,26,29). The molecule has 2 aromatic rings. The molecule has 9 heteroatoms. The van der Waals surface area contributed by atoms with Gasteiger partial charge in [0.1, 0.15) is 12.4 Å². The maximum absolute atomic E-state index is 12.4. The van der Waals surface area contributed by atoms with E-state index in [4.69, 9.17) is 21.7 Å². The minimum Gasteiger partial charge on any atom is -0.490 e. The van der Waals surface area contributed by atoms with E-state index in [1.54, 1.807) is 44.5 Å². The number of rotatable bonds is 8. The molecule has 0 aliphatic carbocycles. The van der Waals surface area contributed by atoms with Gasteiger partial charge in [0.15, 0.2) is 5.11 Å². The Kier molecular flexibility index (Phi) is 9.04. The predicted octanol–water partition coefficient (Wildman–Crippen LogP) is 2.89. The fraction of sp³-hybridized carbons (Fsp3) is 0.250. The van der Waals surface area contributed by atoms with Crippen molar-refractivity contribution < 1.29 is 19.1 Å². The normalized spacial score (nSPS) is 10.2. The van der Waals surface area contributed by atoms with Crippen LogP contribution >= 0.6 is 28.1 Å². The molecule has 0 fully saturated rings. The Morgan fingerprint density at radius 1 is 1.10 bits per heavy atom. The van der Waals surface area contributed by atoms with Crippen molar-refractivity contribution in [3.05, 3.63) is 58.1 Å². The summed E-state index contributed by atoms with van der Waals surface area (Å²) in [5.41, 5.74) is 2.02. The first kappa shape index (κ1) is 22.8. The fourth-order valence-corrected chi connectivity index (χ4v) is 3.02. The van der Waals surface area contributed by atoms with Crippen molar-refractivity contribution in [2.75, 3.05) is 32.7 Å². The molecular weight excluding hydrogens is 458 g/mol. The predicted molar refractivity (Wildman–Crippen MR) is 119 cm³/mol. The third-order valence-corrected chi connectivity index (χ3v) is 4.65. The van der Waals surface area contributed by atoms with E-state index in [1.165, 1.54) is 0 Å². The number of carbonyl (C=O) groups is 2. The first-order valence-corrected chi connectivity index (χ1v) is 9.96. The zero-order valence-electron chi connectivity index (χ0n) is 16.1. The van der Waals surface area contributed by atoms with Crippen LogP contribution in [0, 0.1) is 0 Å². The van der Waals surface area contributed by atoms with Gasteiger partial charge in [0.25, 0.3) is 5.91 Å². The fourth-order valence-electron chi connectivity index (χ4n) is 2.31. The number of hydrogen-bond acceptors (Lipinski definition) is 5. The quantitative estimate of drug-likeness (QED) is 0.398. The monoisotopic (exact) mass is 479 g/mol. The Morgan fingerprint density at radius 2 is 1.83 bits per heavy atom. The van der Waals surface area contributed by atoms with Crippen LogP contribution in [0.15, 0.2) is 46.9 Å². The van der Waals surface area contributed by atoms with E-state index in [0.717, 1.165) is 5.56 Å². The minimum atomic E-state index is -0.345. The SMILES string of the molecule is CNC(=O)Cc1ccc(NC(=S)NC(=O)c2ccc(OCCOC)c(Br)c2)cc1. The summed E-state index contributed by atoms with van der Waals surface area (Å²) in [5, 5.41) is 8.33. The average Bonchev–Trinajstić information content (AvgIpc) is 2.70. The molecule has 0 spiro atoms. The van der Waals surface area contributed by atoms with Crippen LogP contribution in [0.2, 0.25) is 0 Å². The van der Waals surface area contributed by atoms with Crippen molar-refractivity contribution in [1.29, 1.82) is 0 Å². The Bertz CT molecular complexity index is 875. The highest BCUT2D eigenvalue weighted by atomic mass is 79.9. The topological polar surface area (TPSA) is 88.7 Å². The van der Waals surface area contributed by atoms with Gasteiger partial charge in [0.2, 0.25) is 5.91 Å². The molecule has 0 bridgehead atoms. The zero-order chi connectivity index (χ0) is 21.2. The highest BCUT2D eigenvalue weighted by Crippen LogP contribution is 2.26. The van der Waals surface area contributed by atoms with E-state index in [1.807, 2.05) is 12.1 Å². The Balaban J connectivity index is 1.90. The lowest BCUT2D eigenvalue weighted by atomic mass is 10.1. The summed E-state index contributed by atoms with van der Waals surface area (Å²) >= 11 is 8.60. The van der Waals surface area contributed by atoms with Gasteiger partial charge in [-0.25, -0.2) is 0 Å². The second kappa shape index (κ2) is 11.5. The maximum Gasteiger partial charge on any atom is 0.257 e. The van der Waals surface area contributed by atoms with Gasteiger partial charge >= 0.3 is 0 Å². The molecule has 154 valence electrons. The van der Waals surface area contributed by atoms with Gasteiger partial charge < -0.3 is 20.1 Å².